The Morgan fingerprint density at radius 3 is 2.43 bits per heavy atom. The quantitative estimate of drug-likeness (QED) is 0.467. The first-order valence-corrected chi connectivity index (χ1v) is 9.57. The molecule has 0 aliphatic carbocycles. The van der Waals surface area contributed by atoms with Gasteiger partial charge in [-0.2, -0.15) is 5.10 Å². The Bertz CT molecular complexity index is 890. The van der Waals surface area contributed by atoms with Crippen molar-refractivity contribution in [3.05, 3.63) is 58.6 Å². The summed E-state index contributed by atoms with van der Waals surface area (Å²) in [5.41, 5.74) is 3.82. The van der Waals surface area contributed by atoms with Gasteiger partial charge in [0.2, 0.25) is 0 Å². The molecule has 0 saturated carbocycles. The van der Waals surface area contributed by atoms with Crippen molar-refractivity contribution in [2.75, 3.05) is 20.8 Å². The third-order valence-electron chi connectivity index (χ3n) is 4.05. The minimum absolute atomic E-state index is 0.196. The highest BCUT2D eigenvalue weighted by molar-refractivity contribution is 6.33. The molecule has 0 unspecified atom stereocenters. The molecule has 0 saturated heterocycles. The van der Waals surface area contributed by atoms with Gasteiger partial charge in [-0.15, -0.1) is 0 Å². The number of carbonyl (C=O) groups excluding carboxylic acids is 2. The lowest BCUT2D eigenvalue weighted by atomic mass is 10.1. The second-order valence-corrected chi connectivity index (χ2v) is 6.48. The molecule has 8 nitrogen and oxygen atoms in total. The molecule has 2 aromatic rings. The summed E-state index contributed by atoms with van der Waals surface area (Å²) >= 11 is 6.21. The molecular formula is C21H24ClN3O5. The fourth-order valence-corrected chi connectivity index (χ4v) is 2.79. The number of benzene rings is 2. The molecule has 0 aliphatic heterocycles. The number of carbonyl (C=O) groups is 2. The van der Waals surface area contributed by atoms with Crippen LogP contribution in [0.4, 0.5) is 4.79 Å². The van der Waals surface area contributed by atoms with Crippen LogP contribution in [-0.2, 0) is 16.0 Å². The second kappa shape index (κ2) is 11.7. The van der Waals surface area contributed by atoms with Crippen molar-refractivity contribution in [3.8, 4) is 11.5 Å². The number of rotatable bonds is 9. The number of hydrogen-bond acceptors (Lipinski definition) is 6. The van der Waals surface area contributed by atoms with Crippen LogP contribution in [0.3, 0.4) is 0 Å². The molecular weight excluding hydrogens is 410 g/mol. The number of alkyl carbamates (subject to hydrolysis) is 1. The van der Waals surface area contributed by atoms with Gasteiger partial charge in [-0.25, -0.2) is 10.2 Å². The number of nitrogens with one attached hydrogen (secondary N) is 2. The molecule has 0 bridgehead atoms. The summed E-state index contributed by atoms with van der Waals surface area (Å²) in [7, 11) is 3.01. The zero-order valence-electron chi connectivity index (χ0n) is 17.0. The fourth-order valence-electron chi connectivity index (χ4n) is 2.59. The van der Waals surface area contributed by atoms with Gasteiger partial charge in [0, 0.05) is 18.1 Å². The molecule has 0 spiro atoms. The summed E-state index contributed by atoms with van der Waals surface area (Å²) in [5, 5.41) is 6.87. The number of hydrazone groups is 1. The maximum absolute atomic E-state index is 12.6. The largest absolute Gasteiger partial charge is 0.493 e. The first-order valence-electron chi connectivity index (χ1n) is 9.20. The minimum atomic E-state index is -0.871. The van der Waals surface area contributed by atoms with Crippen molar-refractivity contribution in [2.24, 2.45) is 5.10 Å². The van der Waals surface area contributed by atoms with Crippen molar-refractivity contribution < 1.29 is 23.8 Å². The Morgan fingerprint density at radius 1 is 1.13 bits per heavy atom. The SMILES string of the molecule is CCOC(=O)N[C@@H](Cc1ccccc1)C(=O)N/N=C\c1cc(OC)c(OC)cc1Cl. The lowest BCUT2D eigenvalue weighted by Gasteiger charge is -2.17. The molecule has 2 N–H and O–H groups in total. The van der Waals surface area contributed by atoms with Crippen LogP contribution < -0.4 is 20.2 Å². The minimum Gasteiger partial charge on any atom is -0.493 e. The van der Waals surface area contributed by atoms with Crippen molar-refractivity contribution in [1.82, 2.24) is 10.7 Å². The third kappa shape index (κ3) is 6.66. The number of halogens is 1. The average molecular weight is 434 g/mol. The third-order valence-corrected chi connectivity index (χ3v) is 4.38. The average Bonchev–Trinajstić information content (AvgIpc) is 2.74. The molecule has 1 atom stereocenters. The molecule has 0 aliphatic rings. The highest BCUT2D eigenvalue weighted by atomic mass is 35.5. The van der Waals surface area contributed by atoms with Crippen LogP contribution in [0.5, 0.6) is 11.5 Å². The highest BCUT2D eigenvalue weighted by Crippen LogP contribution is 2.32. The standard InChI is InChI=1S/C21H24ClN3O5/c1-4-30-21(27)24-17(10-14-8-6-5-7-9-14)20(26)25-23-13-15-11-18(28-2)19(29-3)12-16(15)22/h5-9,11-13,17H,4,10H2,1-3H3,(H,24,27)(H,25,26)/b23-13-/t17-/m0/s1. The van der Waals surface area contributed by atoms with Crippen molar-refractivity contribution in [1.29, 1.82) is 0 Å². The van der Waals surface area contributed by atoms with Crippen LogP contribution in [0.1, 0.15) is 18.1 Å². The molecule has 0 fully saturated rings. The van der Waals surface area contributed by atoms with Crippen LogP contribution in [-0.4, -0.2) is 45.1 Å². The van der Waals surface area contributed by atoms with Crippen LogP contribution in [0, 0.1) is 0 Å². The number of amides is 2. The van der Waals surface area contributed by atoms with E-state index in [1.165, 1.54) is 20.4 Å². The Labute approximate surface area is 180 Å². The molecule has 160 valence electrons. The van der Waals surface area contributed by atoms with E-state index in [0.29, 0.717) is 22.1 Å². The van der Waals surface area contributed by atoms with Gasteiger partial charge in [0.1, 0.15) is 6.04 Å². The molecule has 2 amide bonds. The lowest BCUT2D eigenvalue weighted by molar-refractivity contribution is -0.123. The van der Waals surface area contributed by atoms with Gasteiger partial charge in [0.25, 0.3) is 5.91 Å². The maximum Gasteiger partial charge on any atom is 0.407 e. The van der Waals surface area contributed by atoms with E-state index in [4.69, 9.17) is 25.8 Å². The van der Waals surface area contributed by atoms with E-state index in [1.54, 1.807) is 19.1 Å². The summed E-state index contributed by atoms with van der Waals surface area (Å²) in [6.45, 7) is 1.88. The van der Waals surface area contributed by atoms with Crippen molar-refractivity contribution in [2.45, 2.75) is 19.4 Å². The Morgan fingerprint density at radius 2 is 1.80 bits per heavy atom. The summed E-state index contributed by atoms with van der Waals surface area (Å²) in [4.78, 5) is 24.4. The monoisotopic (exact) mass is 433 g/mol. The van der Waals surface area contributed by atoms with E-state index in [9.17, 15) is 9.59 Å². The molecule has 9 heteroatoms. The van der Waals surface area contributed by atoms with E-state index in [1.807, 2.05) is 30.3 Å². The topological polar surface area (TPSA) is 98.2 Å². The molecule has 2 rings (SSSR count). The number of hydrogen-bond donors (Lipinski definition) is 2. The highest BCUT2D eigenvalue weighted by Gasteiger charge is 2.21. The fraction of sp³-hybridized carbons (Fsp3) is 0.286. The smallest absolute Gasteiger partial charge is 0.407 e. The van der Waals surface area contributed by atoms with E-state index in [-0.39, 0.29) is 13.0 Å². The Balaban J connectivity index is 2.11. The van der Waals surface area contributed by atoms with Crippen LogP contribution >= 0.6 is 11.6 Å². The first kappa shape index (κ1) is 23.0. The zero-order valence-corrected chi connectivity index (χ0v) is 17.7. The summed E-state index contributed by atoms with van der Waals surface area (Å²) in [6.07, 6.45) is 0.977. The van der Waals surface area contributed by atoms with E-state index in [2.05, 4.69) is 15.8 Å². The number of ether oxygens (including phenoxy) is 3. The van der Waals surface area contributed by atoms with Gasteiger partial charge in [-0.05, 0) is 18.6 Å². The maximum atomic E-state index is 12.6. The predicted octanol–water partition coefficient (Wildman–Crippen LogP) is 3.16. The summed E-state index contributed by atoms with van der Waals surface area (Å²) in [6, 6.07) is 11.6. The van der Waals surface area contributed by atoms with Crippen LogP contribution in [0.2, 0.25) is 5.02 Å². The zero-order chi connectivity index (χ0) is 21.9. The Kier molecular flexibility index (Phi) is 8.96. The Hall–Kier alpha value is -3.26. The van der Waals surface area contributed by atoms with E-state index >= 15 is 0 Å². The molecule has 2 aromatic carbocycles. The lowest BCUT2D eigenvalue weighted by Crippen LogP contribution is -2.47. The van der Waals surface area contributed by atoms with Crippen LogP contribution in [0.25, 0.3) is 0 Å². The summed E-state index contributed by atoms with van der Waals surface area (Å²) in [5.74, 6) is 0.450. The normalized spacial score (nSPS) is 11.6. The molecule has 0 radical (unpaired) electrons. The van der Waals surface area contributed by atoms with Gasteiger partial charge >= 0.3 is 6.09 Å². The van der Waals surface area contributed by atoms with Gasteiger partial charge < -0.3 is 19.5 Å². The van der Waals surface area contributed by atoms with Gasteiger partial charge in [-0.1, -0.05) is 41.9 Å². The number of methoxy groups -OCH3 is 2. The molecule has 30 heavy (non-hydrogen) atoms. The molecule has 0 heterocycles. The van der Waals surface area contributed by atoms with Gasteiger partial charge in [-0.3, -0.25) is 4.79 Å². The van der Waals surface area contributed by atoms with Crippen molar-refractivity contribution in [3.63, 3.8) is 0 Å². The van der Waals surface area contributed by atoms with E-state index < -0.39 is 18.0 Å². The second-order valence-electron chi connectivity index (χ2n) is 6.07. The van der Waals surface area contributed by atoms with Gasteiger partial charge in [0.15, 0.2) is 11.5 Å². The van der Waals surface area contributed by atoms with Crippen molar-refractivity contribution >= 4 is 29.8 Å². The number of nitrogens with zero attached hydrogens (tertiary/aromatic N) is 1. The summed E-state index contributed by atoms with van der Waals surface area (Å²) < 4.78 is 15.3. The first-order chi connectivity index (χ1) is 14.5. The van der Waals surface area contributed by atoms with Gasteiger partial charge in [0.05, 0.1) is 32.1 Å². The van der Waals surface area contributed by atoms with E-state index in [0.717, 1.165) is 5.56 Å². The van der Waals surface area contributed by atoms with Crippen LogP contribution in [0.15, 0.2) is 47.6 Å². The molecule has 0 aromatic heterocycles. The predicted molar refractivity (Wildman–Crippen MR) is 114 cm³/mol.